The average molecular weight is 499 g/mol. The second kappa shape index (κ2) is 9.54. The number of nitrogen functional groups attached to an aromatic ring is 1. The lowest BCUT2D eigenvalue weighted by Crippen LogP contribution is -2.40. The van der Waals surface area contributed by atoms with E-state index < -0.39 is 17.8 Å². The first-order valence-electron chi connectivity index (χ1n) is 11.1. The fraction of sp³-hybridized carbons (Fsp3) is 0.308. The smallest absolute Gasteiger partial charge is 0.424 e. The van der Waals surface area contributed by atoms with Crippen molar-refractivity contribution in [2.45, 2.75) is 52.7 Å². The molecule has 0 fully saturated rings. The maximum atomic E-state index is 12.2. The molecule has 2 aromatic heterocycles. The number of nitrogens with two attached hydrogens (primary N) is 1. The Hall–Kier alpha value is -3.65. The van der Waals surface area contributed by atoms with E-state index in [0.29, 0.717) is 9.92 Å². The van der Waals surface area contributed by atoms with Crippen LogP contribution in [0.2, 0.25) is 5.02 Å². The number of aromatic nitrogens is 2. The maximum Gasteiger partial charge on any atom is 0.424 e. The Bertz CT molecular complexity index is 1380. The van der Waals surface area contributed by atoms with Gasteiger partial charge in [0.05, 0.1) is 10.7 Å². The second-order valence-corrected chi connectivity index (χ2v) is 10.5. The molecule has 0 bridgehead atoms. The SMILES string of the molecule is CC(C)(C)OC(=O)N(C(=O)O)c1ccc2c(ccn2C(C)(C)C)c1.Nc1ccc2[nH]cc(Cl)c2c1. The maximum absolute atomic E-state index is 12.2. The number of ether oxygens (including phenoxy) is 1. The van der Waals surface area contributed by atoms with Crippen LogP contribution >= 0.6 is 11.6 Å². The van der Waals surface area contributed by atoms with Crippen molar-refractivity contribution in [3.63, 3.8) is 0 Å². The van der Waals surface area contributed by atoms with E-state index in [1.165, 1.54) is 0 Å². The topological polar surface area (TPSA) is 114 Å². The zero-order chi connectivity index (χ0) is 26.1. The van der Waals surface area contributed by atoms with E-state index in [4.69, 9.17) is 22.1 Å². The lowest BCUT2D eigenvalue weighted by atomic mass is 10.1. The van der Waals surface area contributed by atoms with Gasteiger partial charge in [-0.25, -0.2) is 9.59 Å². The molecule has 0 saturated carbocycles. The van der Waals surface area contributed by atoms with Crippen LogP contribution in [0.15, 0.2) is 54.9 Å². The molecule has 2 heterocycles. The summed E-state index contributed by atoms with van der Waals surface area (Å²) in [6, 6.07) is 12.6. The Kier molecular flexibility index (Phi) is 7.08. The van der Waals surface area contributed by atoms with Gasteiger partial charge in [-0.05, 0) is 84.0 Å². The molecule has 0 radical (unpaired) electrons. The largest absolute Gasteiger partial charge is 0.464 e. The van der Waals surface area contributed by atoms with Crippen molar-refractivity contribution in [3.8, 4) is 0 Å². The van der Waals surface area contributed by atoms with E-state index in [0.717, 1.165) is 27.5 Å². The summed E-state index contributed by atoms with van der Waals surface area (Å²) in [6.45, 7) is 11.3. The minimum Gasteiger partial charge on any atom is -0.464 e. The summed E-state index contributed by atoms with van der Waals surface area (Å²) >= 11 is 5.86. The minimum atomic E-state index is -1.38. The first-order chi connectivity index (χ1) is 16.2. The molecule has 0 spiro atoms. The monoisotopic (exact) mass is 498 g/mol. The number of carbonyl (C=O) groups excluding carboxylic acids is 1. The van der Waals surface area contributed by atoms with Crippen LogP contribution in [0.3, 0.4) is 0 Å². The number of fused-ring (bicyclic) bond motifs is 2. The lowest BCUT2D eigenvalue weighted by Gasteiger charge is -2.25. The summed E-state index contributed by atoms with van der Waals surface area (Å²) in [5.41, 5.74) is 7.70. The molecule has 2 aromatic carbocycles. The van der Waals surface area contributed by atoms with E-state index in [2.05, 4.69) is 30.3 Å². The third kappa shape index (κ3) is 6.08. The van der Waals surface area contributed by atoms with Gasteiger partial charge in [-0.3, -0.25) is 0 Å². The van der Waals surface area contributed by atoms with Gasteiger partial charge in [-0.1, -0.05) is 11.6 Å². The Balaban J connectivity index is 0.000000256. The number of H-pyrrole nitrogens is 1. The van der Waals surface area contributed by atoms with Crippen LogP contribution in [0.4, 0.5) is 21.0 Å². The summed E-state index contributed by atoms with van der Waals surface area (Å²) in [7, 11) is 0. The molecule has 0 aliphatic carbocycles. The van der Waals surface area contributed by atoms with E-state index in [9.17, 15) is 14.7 Å². The van der Waals surface area contributed by atoms with Gasteiger partial charge in [0.1, 0.15) is 5.60 Å². The molecular weight excluding hydrogens is 468 g/mol. The minimum absolute atomic E-state index is 0.0963. The molecule has 35 heavy (non-hydrogen) atoms. The van der Waals surface area contributed by atoms with E-state index in [1.54, 1.807) is 39.1 Å². The van der Waals surface area contributed by atoms with Crippen molar-refractivity contribution in [1.29, 1.82) is 0 Å². The Morgan fingerprint density at radius 2 is 1.74 bits per heavy atom. The number of hydrogen-bond acceptors (Lipinski definition) is 4. The van der Waals surface area contributed by atoms with Crippen LogP contribution in [0, 0.1) is 0 Å². The molecule has 0 unspecified atom stereocenters. The van der Waals surface area contributed by atoms with Gasteiger partial charge in [0, 0.05) is 45.4 Å². The number of benzene rings is 2. The van der Waals surface area contributed by atoms with E-state index >= 15 is 0 Å². The highest BCUT2D eigenvalue weighted by Crippen LogP contribution is 2.29. The van der Waals surface area contributed by atoms with Gasteiger partial charge in [0.2, 0.25) is 0 Å². The lowest BCUT2D eigenvalue weighted by molar-refractivity contribution is 0.0582. The van der Waals surface area contributed by atoms with Crippen LogP contribution in [0.25, 0.3) is 21.8 Å². The Labute approximate surface area is 209 Å². The quantitative estimate of drug-likeness (QED) is 0.240. The molecule has 4 N–H and O–H groups in total. The van der Waals surface area contributed by atoms with Crippen LogP contribution in [-0.2, 0) is 10.3 Å². The number of nitrogens with zero attached hydrogens (tertiary/aromatic N) is 2. The normalized spacial score (nSPS) is 11.7. The molecule has 4 aromatic rings. The highest BCUT2D eigenvalue weighted by molar-refractivity contribution is 6.35. The molecule has 186 valence electrons. The van der Waals surface area contributed by atoms with Gasteiger partial charge in [0.25, 0.3) is 0 Å². The third-order valence-electron chi connectivity index (χ3n) is 5.08. The van der Waals surface area contributed by atoms with Gasteiger partial charge in [0.15, 0.2) is 0 Å². The Morgan fingerprint density at radius 1 is 1.06 bits per heavy atom. The number of carboxylic acid groups (broad SMARTS) is 1. The average Bonchev–Trinajstić information content (AvgIpc) is 3.30. The molecule has 9 heteroatoms. The number of carbonyl (C=O) groups is 2. The molecule has 2 amide bonds. The fourth-order valence-electron chi connectivity index (χ4n) is 3.56. The number of nitrogens with one attached hydrogen (secondary N) is 1. The predicted octanol–water partition coefficient (Wildman–Crippen LogP) is 7.22. The van der Waals surface area contributed by atoms with Crippen LogP contribution in [0.1, 0.15) is 41.5 Å². The third-order valence-corrected chi connectivity index (χ3v) is 5.39. The predicted molar refractivity (Wildman–Crippen MR) is 141 cm³/mol. The standard InChI is InChI=1S/C18H24N2O4.C8H7ClN2/c1-17(2,3)19-10-9-12-11-13(7-8-14(12)19)20(15(21)22)16(23)24-18(4,5)6;9-7-4-11-8-2-1-5(10)3-6(7)8/h7-11H,1-6H3,(H,21,22);1-4,11H,10H2. The van der Waals surface area contributed by atoms with Gasteiger partial charge < -0.3 is 25.1 Å². The molecule has 0 aliphatic heterocycles. The van der Waals surface area contributed by atoms with Crippen molar-refractivity contribution in [2.24, 2.45) is 0 Å². The molecule has 0 aliphatic rings. The summed E-state index contributed by atoms with van der Waals surface area (Å²) in [4.78, 5) is 27.4. The molecule has 0 atom stereocenters. The van der Waals surface area contributed by atoms with Crippen molar-refractivity contribution >= 4 is 57.0 Å². The van der Waals surface area contributed by atoms with E-state index in [1.807, 2.05) is 36.5 Å². The number of hydrogen-bond donors (Lipinski definition) is 3. The summed E-state index contributed by atoms with van der Waals surface area (Å²) in [5.74, 6) is 0. The highest BCUT2D eigenvalue weighted by atomic mass is 35.5. The number of amides is 2. The van der Waals surface area contributed by atoms with Gasteiger partial charge >= 0.3 is 12.2 Å². The number of anilines is 2. The van der Waals surface area contributed by atoms with Crippen LogP contribution in [0.5, 0.6) is 0 Å². The Morgan fingerprint density at radius 3 is 2.34 bits per heavy atom. The van der Waals surface area contributed by atoms with Gasteiger partial charge in [-0.2, -0.15) is 4.90 Å². The fourth-order valence-corrected chi connectivity index (χ4v) is 3.77. The number of aromatic amines is 1. The van der Waals surface area contributed by atoms with E-state index in [-0.39, 0.29) is 11.2 Å². The zero-order valence-electron chi connectivity index (χ0n) is 20.7. The molecular formula is C26H31ClN4O4. The van der Waals surface area contributed by atoms with Gasteiger partial charge in [-0.15, -0.1) is 0 Å². The van der Waals surface area contributed by atoms with Crippen LogP contribution < -0.4 is 10.6 Å². The first kappa shape index (κ1) is 26.0. The first-order valence-corrected chi connectivity index (χ1v) is 11.4. The van der Waals surface area contributed by atoms with Crippen molar-refractivity contribution in [1.82, 2.24) is 9.55 Å². The van der Waals surface area contributed by atoms with Crippen LogP contribution in [-0.4, -0.2) is 32.4 Å². The van der Waals surface area contributed by atoms with Crippen molar-refractivity contribution < 1.29 is 19.4 Å². The summed E-state index contributed by atoms with van der Waals surface area (Å²) in [5, 5.41) is 12.0. The molecule has 0 saturated heterocycles. The second-order valence-electron chi connectivity index (χ2n) is 10.1. The zero-order valence-corrected chi connectivity index (χ0v) is 21.5. The van der Waals surface area contributed by atoms with Crippen molar-refractivity contribution in [2.75, 3.05) is 10.6 Å². The summed E-state index contributed by atoms with van der Waals surface area (Å²) < 4.78 is 7.29. The number of halogens is 1. The molecule has 8 nitrogen and oxygen atoms in total. The highest BCUT2D eigenvalue weighted by Gasteiger charge is 2.29. The summed E-state index contributed by atoms with van der Waals surface area (Å²) in [6.07, 6.45) is 1.42. The van der Waals surface area contributed by atoms with Crippen molar-refractivity contribution in [3.05, 3.63) is 59.9 Å². The number of rotatable bonds is 1. The number of imide groups is 1. The molecule has 4 rings (SSSR count).